The molecule has 178 valence electrons. The molecule has 0 radical (unpaired) electrons. The van der Waals surface area contributed by atoms with Gasteiger partial charge in [-0.1, -0.05) is 54.6 Å². The number of hydrogen-bond acceptors (Lipinski definition) is 4. The number of ether oxygens (including phenoxy) is 2. The number of para-hydroxylation sites is 1. The van der Waals surface area contributed by atoms with Gasteiger partial charge in [0.05, 0.1) is 12.8 Å². The number of benzene rings is 3. The van der Waals surface area contributed by atoms with Crippen LogP contribution in [0.3, 0.4) is 0 Å². The number of ketones is 1. The second-order valence-corrected chi connectivity index (χ2v) is 9.09. The van der Waals surface area contributed by atoms with Crippen LogP contribution in [0.2, 0.25) is 0 Å². The minimum atomic E-state index is -0.289. The Morgan fingerprint density at radius 2 is 1.69 bits per heavy atom. The third kappa shape index (κ3) is 4.46. The predicted octanol–water partition coefficient (Wildman–Crippen LogP) is 6.11. The third-order valence-electron chi connectivity index (χ3n) is 6.86. The maximum atomic E-state index is 13.5. The van der Waals surface area contributed by atoms with Crippen molar-refractivity contribution >= 4 is 17.4 Å². The fraction of sp³-hybridized carbons (Fsp3) is 0.267. The van der Waals surface area contributed by atoms with Crippen LogP contribution >= 0.6 is 0 Å². The Hall–Kier alpha value is -3.86. The van der Waals surface area contributed by atoms with Crippen molar-refractivity contribution in [2.75, 3.05) is 12.0 Å². The number of carbonyl (C=O) groups excluding carboxylic acids is 2. The molecule has 5 rings (SSSR count). The van der Waals surface area contributed by atoms with E-state index in [1.807, 2.05) is 79.7 Å². The first kappa shape index (κ1) is 22.9. The number of nitrogens with zero attached hydrogens (tertiary/aromatic N) is 1. The lowest BCUT2D eigenvalue weighted by molar-refractivity contribution is -0.119. The normalized spacial score (nSPS) is 17.9. The SMILES string of the molecule is COc1cc(C2CC(=O)N(c3ccccc3C)C3=C2C(=O)CCC3)ccc1OCc1ccccc1. The zero-order valence-corrected chi connectivity index (χ0v) is 20.1. The summed E-state index contributed by atoms with van der Waals surface area (Å²) >= 11 is 0. The Balaban J connectivity index is 1.50. The first-order valence-electron chi connectivity index (χ1n) is 12.1. The molecule has 0 saturated heterocycles. The molecule has 5 nitrogen and oxygen atoms in total. The number of methoxy groups -OCH3 is 1. The zero-order valence-electron chi connectivity index (χ0n) is 20.1. The Labute approximate surface area is 206 Å². The highest BCUT2D eigenvalue weighted by molar-refractivity contribution is 6.07. The zero-order chi connectivity index (χ0) is 24.4. The van der Waals surface area contributed by atoms with Crippen molar-refractivity contribution in [3.05, 3.63) is 101 Å². The van der Waals surface area contributed by atoms with Crippen LogP contribution in [0.25, 0.3) is 0 Å². The van der Waals surface area contributed by atoms with Crippen molar-refractivity contribution < 1.29 is 19.1 Å². The molecule has 0 fully saturated rings. The molecule has 0 spiro atoms. The van der Waals surface area contributed by atoms with Gasteiger partial charge in [-0.3, -0.25) is 14.5 Å². The molecule has 35 heavy (non-hydrogen) atoms. The van der Waals surface area contributed by atoms with Crippen molar-refractivity contribution in [1.29, 1.82) is 0 Å². The van der Waals surface area contributed by atoms with Crippen molar-refractivity contribution in [3.8, 4) is 11.5 Å². The van der Waals surface area contributed by atoms with Gasteiger partial charge >= 0.3 is 0 Å². The molecule has 1 atom stereocenters. The Morgan fingerprint density at radius 1 is 0.914 bits per heavy atom. The van der Waals surface area contributed by atoms with E-state index in [-0.39, 0.29) is 24.0 Å². The molecule has 0 saturated carbocycles. The summed E-state index contributed by atoms with van der Waals surface area (Å²) in [5, 5.41) is 0. The second-order valence-electron chi connectivity index (χ2n) is 9.09. The van der Waals surface area contributed by atoms with Crippen molar-refractivity contribution in [2.45, 2.75) is 45.1 Å². The Morgan fingerprint density at radius 3 is 2.46 bits per heavy atom. The van der Waals surface area contributed by atoms with Gasteiger partial charge in [-0.15, -0.1) is 0 Å². The number of carbonyl (C=O) groups is 2. The summed E-state index contributed by atoms with van der Waals surface area (Å²) in [5.74, 6) is 1.08. The molecule has 1 aliphatic heterocycles. The average Bonchev–Trinajstić information content (AvgIpc) is 2.88. The molecule has 0 bridgehead atoms. The quantitative estimate of drug-likeness (QED) is 0.439. The standard InChI is InChI=1S/C30H29NO4/c1-20-9-6-7-12-24(20)31-25-13-8-14-26(32)30(25)23(18-29(31)33)22-15-16-27(28(17-22)34-2)35-19-21-10-4-3-5-11-21/h3-7,9-12,15-17,23H,8,13-14,18-19H2,1-2H3. The lowest BCUT2D eigenvalue weighted by Gasteiger charge is -2.39. The van der Waals surface area contributed by atoms with E-state index in [2.05, 4.69) is 0 Å². The second kappa shape index (κ2) is 9.79. The molecule has 0 N–H and O–H groups in total. The summed E-state index contributed by atoms with van der Waals surface area (Å²) in [6.07, 6.45) is 2.23. The van der Waals surface area contributed by atoms with Crippen LogP contribution in [-0.4, -0.2) is 18.8 Å². The van der Waals surface area contributed by atoms with Crippen LogP contribution < -0.4 is 14.4 Å². The maximum absolute atomic E-state index is 13.5. The van der Waals surface area contributed by atoms with Gasteiger partial charge in [-0.25, -0.2) is 0 Å². The van der Waals surface area contributed by atoms with Gasteiger partial charge in [-0.05, 0) is 54.7 Å². The van der Waals surface area contributed by atoms with E-state index in [0.717, 1.165) is 40.1 Å². The van der Waals surface area contributed by atoms with Gasteiger partial charge < -0.3 is 9.47 Å². The molecular weight excluding hydrogens is 438 g/mol. The smallest absolute Gasteiger partial charge is 0.232 e. The van der Waals surface area contributed by atoms with E-state index >= 15 is 0 Å². The van der Waals surface area contributed by atoms with Gasteiger partial charge in [0, 0.05) is 30.0 Å². The monoisotopic (exact) mass is 467 g/mol. The summed E-state index contributed by atoms with van der Waals surface area (Å²) in [6.45, 7) is 2.43. The topological polar surface area (TPSA) is 55.8 Å². The fourth-order valence-corrected chi connectivity index (χ4v) is 5.13. The predicted molar refractivity (Wildman–Crippen MR) is 136 cm³/mol. The molecular formula is C30H29NO4. The highest BCUT2D eigenvalue weighted by Gasteiger charge is 2.40. The van der Waals surface area contributed by atoms with Crippen LogP contribution in [-0.2, 0) is 16.2 Å². The first-order valence-corrected chi connectivity index (χ1v) is 12.1. The Kier molecular flexibility index (Phi) is 6.41. The molecule has 1 aliphatic carbocycles. The number of anilines is 1. The van der Waals surface area contributed by atoms with Crippen molar-refractivity contribution in [1.82, 2.24) is 0 Å². The molecule has 1 amide bonds. The highest BCUT2D eigenvalue weighted by Crippen LogP contribution is 2.45. The van der Waals surface area contributed by atoms with Gasteiger partial charge in [0.2, 0.25) is 5.91 Å². The largest absolute Gasteiger partial charge is 0.493 e. The number of amides is 1. The highest BCUT2D eigenvalue weighted by atomic mass is 16.5. The van der Waals surface area contributed by atoms with Gasteiger partial charge in [0.15, 0.2) is 17.3 Å². The summed E-state index contributed by atoms with van der Waals surface area (Å²) < 4.78 is 11.7. The van der Waals surface area contributed by atoms with Crippen molar-refractivity contribution in [3.63, 3.8) is 0 Å². The molecule has 3 aromatic rings. The molecule has 3 aromatic carbocycles. The van der Waals surface area contributed by atoms with Crippen LogP contribution in [0, 0.1) is 6.92 Å². The minimum Gasteiger partial charge on any atom is -0.493 e. The number of allylic oxidation sites excluding steroid dienone is 2. The van der Waals surface area contributed by atoms with E-state index in [4.69, 9.17) is 9.47 Å². The molecule has 1 unspecified atom stereocenters. The lowest BCUT2D eigenvalue weighted by atomic mass is 9.77. The molecule has 5 heteroatoms. The number of aryl methyl sites for hydroxylation is 1. The molecule has 2 aliphatic rings. The van der Waals surface area contributed by atoms with E-state index < -0.39 is 0 Å². The van der Waals surface area contributed by atoms with E-state index in [1.54, 1.807) is 12.0 Å². The van der Waals surface area contributed by atoms with E-state index in [1.165, 1.54) is 0 Å². The van der Waals surface area contributed by atoms with Crippen LogP contribution in [0.4, 0.5) is 5.69 Å². The number of Topliss-reactive ketones (excluding diaryl/α,β-unsaturated/α-hetero) is 1. The fourth-order valence-electron chi connectivity index (χ4n) is 5.13. The summed E-state index contributed by atoms with van der Waals surface area (Å²) in [5.41, 5.74) is 5.45. The lowest BCUT2D eigenvalue weighted by Crippen LogP contribution is -2.40. The summed E-state index contributed by atoms with van der Waals surface area (Å²) in [7, 11) is 1.61. The summed E-state index contributed by atoms with van der Waals surface area (Å²) in [6, 6.07) is 23.6. The van der Waals surface area contributed by atoms with Crippen LogP contribution in [0.15, 0.2) is 84.1 Å². The minimum absolute atomic E-state index is 0.0149. The Bertz CT molecular complexity index is 1290. The summed E-state index contributed by atoms with van der Waals surface area (Å²) in [4.78, 5) is 28.5. The molecule has 0 aromatic heterocycles. The molecule has 1 heterocycles. The number of rotatable bonds is 6. The van der Waals surface area contributed by atoms with E-state index in [0.29, 0.717) is 30.9 Å². The maximum Gasteiger partial charge on any atom is 0.232 e. The van der Waals surface area contributed by atoms with Crippen LogP contribution in [0.5, 0.6) is 11.5 Å². The van der Waals surface area contributed by atoms with Crippen molar-refractivity contribution in [2.24, 2.45) is 0 Å². The first-order chi connectivity index (χ1) is 17.1. The van der Waals surface area contributed by atoms with Gasteiger partial charge in [0.1, 0.15) is 6.61 Å². The van der Waals surface area contributed by atoms with E-state index in [9.17, 15) is 9.59 Å². The third-order valence-corrected chi connectivity index (χ3v) is 6.86. The number of hydrogen-bond donors (Lipinski definition) is 0. The average molecular weight is 468 g/mol. The van der Waals surface area contributed by atoms with Gasteiger partial charge in [-0.2, -0.15) is 0 Å². The van der Waals surface area contributed by atoms with Crippen LogP contribution in [0.1, 0.15) is 48.3 Å². The van der Waals surface area contributed by atoms with Gasteiger partial charge in [0.25, 0.3) is 0 Å².